The van der Waals surface area contributed by atoms with Gasteiger partial charge in [-0.15, -0.1) is 0 Å². The molecule has 4 rings (SSSR count). The summed E-state index contributed by atoms with van der Waals surface area (Å²) in [4.78, 5) is 15.1. The maximum atomic E-state index is 13.1. The third-order valence-electron chi connectivity index (χ3n) is 5.80. The topological polar surface area (TPSA) is 106 Å². The number of halogens is 1. The second-order valence-corrected chi connectivity index (χ2v) is 9.81. The fraction of sp³-hybridized carbons (Fsp3) is 0.250. The first-order chi connectivity index (χ1) is 16.2. The van der Waals surface area contributed by atoms with Crippen molar-refractivity contribution in [2.75, 3.05) is 6.54 Å². The molecule has 0 atom stereocenters. The third kappa shape index (κ3) is 5.18. The van der Waals surface area contributed by atoms with Gasteiger partial charge >= 0.3 is 5.97 Å². The lowest BCUT2D eigenvalue weighted by molar-refractivity contribution is -0.136. The van der Waals surface area contributed by atoms with Gasteiger partial charge in [0, 0.05) is 54.1 Å². The molecular weight excluding hydrogens is 459 g/mol. The van der Waals surface area contributed by atoms with E-state index < -0.39 is 21.8 Å². The Hall–Kier alpha value is -3.50. The van der Waals surface area contributed by atoms with Gasteiger partial charge in [0.25, 0.3) is 0 Å². The van der Waals surface area contributed by atoms with Crippen molar-refractivity contribution < 1.29 is 22.7 Å². The van der Waals surface area contributed by atoms with Gasteiger partial charge in [-0.1, -0.05) is 6.07 Å². The summed E-state index contributed by atoms with van der Waals surface area (Å²) in [6, 6.07) is 10.6. The van der Waals surface area contributed by atoms with Gasteiger partial charge in [-0.3, -0.25) is 4.79 Å². The van der Waals surface area contributed by atoms with Crippen LogP contribution in [0.25, 0.3) is 10.9 Å². The number of carboxylic acids is 1. The van der Waals surface area contributed by atoms with Crippen molar-refractivity contribution in [1.82, 2.24) is 18.8 Å². The Labute approximate surface area is 196 Å². The molecule has 0 aliphatic heterocycles. The molecule has 0 saturated heterocycles. The van der Waals surface area contributed by atoms with E-state index in [9.17, 15) is 17.6 Å². The van der Waals surface area contributed by atoms with Crippen molar-refractivity contribution >= 4 is 26.9 Å². The number of nitrogens with zero attached hydrogens (tertiary/aromatic N) is 3. The van der Waals surface area contributed by atoms with Gasteiger partial charge in [0.15, 0.2) is 0 Å². The summed E-state index contributed by atoms with van der Waals surface area (Å²) in [5, 5.41) is 10.0. The molecule has 178 valence electrons. The number of fused-ring (bicyclic) bond motifs is 1. The Morgan fingerprint density at radius 3 is 2.62 bits per heavy atom. The second kappa shape index (κ2) is 9.78. The van der Waals surface area contributed by atoms with Crippen molar-refractivity contribution in [3.63, 3.8) is 0 Å². The molecule has 4 aromatic rings. The Kier molecular flexibility index (Phi) is 6.80. The summed E-state index contributed by atoms with van der Waals surface area (Å²) in [5.41, 5.74) is 3.91. The normalized spacial score (nSPS) is 11.8. The first-order valence-corrected chi connectivity index (χ1v) is 12.3. The molecule has 0 unspecified atom stereocenters. The number of sulfonamides is 1. The predicted octanol–water partition coefficient (Wildman–Crippen LogP) is 3.33. The molecule has 0 radical (unpaired) electrons. The Balaban J connectivity index is 1.61. The smallest absolute Gasteiger partial charge is 0.303 e. The minimum atomic E-state index is -3.77. The zero-order valence-electron chi connectivity index (χ0n) is 18.6. The van der Waals surface area contributed by atoms with Crippen LogP contribution in [-0.2, 0) is 34.3 Å². The van der Waals surface area contributed by atoms with E-state index in [0.717, 1.165) is 39.9 Å². The van der Waals surface area contributed by atoms with Crippen molar-refractivity contribution in [1.29, 1.82) is 0 Å². The summed E-state index contributed by atoms with van der Waals surface area (Å²) in [6.07, 6.45) is 5.78. The summed E-state index contributed by atoms with van der Waals surface area (Å²) in [5.74, 6) is -1.34. The van der Waals surface area contributed by atoms with Gasteiger partial charge in [0.1, 0.15) is 5.82 Å². The van der Waals surface area contributed by atoms with Crippen molar-refractivity contribution in [3.8, 4) is 0 Å². The number of aromatic nitrogens is 3. The zero-order chi connectivity index (χ0) is 24.3. The molecular formula is C24H25FN4O4S. The minimum absolute atomic E-state index is 0.00635. The molecule has 2 aromatic carbocycles. The number of hydrogen-bond acceptors (Lipinski definition) is 4. The van der Waals surface area contributed by atoms with Crippen molar-refractivity contribution in [2.24, 2.45) is 0 Å². The summed E-state index contributed by atoms with van der Waals surface area (Å²) in [7, 11) is -3.77. The van der Waals surface area contributed by atoms with Crippen LogP contribution in [0.3, 0.4) is 0 Å². The number of imidazole rings is 1. The molecule has 0 fully saturated rings. The lowest BCUT2D eigenvalue weighted by atomic mass is 10.0. The van der Waals surface area contributed by atoms with Crippen LogP contribution in [0.5, 0.6) is 0 Å². The molecule has 0 bridgehead atoms. The summed E-state index contributed by atoms with van der Waals surface area (Å²) >= 11 is 0. The number of rotatable bonds is 10. The van der Waals surface area contributed by atoms with Crippen molar-refractivity contribution in [3.05, 3.63) is 83.8 Å². The fourth-order valence-corrected chi connectivity index (χ4v) is 5.07. The lowest BCUT2D eigenvalue weighted by Gasteiger charge is -2.11. The van der Waals surface area contributed by atoms with E-state index in [1.54, 1.807) is 12.5 Å². The molecule has 2 aromatic heterocycles. The molecule has 0 amide bonds. The van der Waals surface area contributed by atoms with Crippen LogP contribution in [0.4, 0.5) is 4.39 Å². The minimum Gasteiger partial charge on any atom is -0.481 e. The van der Waals surface area contributed by atoms with E-state index in [2.05, 4.69) is 14.3 Å². The van der Waals surface area contributed by atoms with Crippen LogP contribution in [0.2, 0.25) is 0 Å². The van der Waals surface area contributed by atoms with E-state index in [1.165, 1.54) is 12.1 Å². The molecule has 0 aliphatic rings. The van der Waals surface area contributed by atoms with Gasteiger partial charge in [-0.2, -0.15) is 0 Å². The van der Waals surface area contributed by atoms with Gasteiger partial charge in [-0.25, -0.2) is 22.5 Å². The number of nitrogens with one attached hydrogen (secondary N) is 1. The average Bonchev–Trinajstić information content (AvgIpc) is 3.40. The molecule has 0 aliphatic carbocycles. The number of carboxylic acid groups (broad SMARTS) is 1. The Morgan fingerprint density at radius 1 is 1.18 bits per heavy atom. The monoisotopic (exact) mass is 484 g/mol. The van der Waals surface area contributed by atoms with Crippen LogP contribution in [0.15, 0.2) is 66.1 Å². The van der Waals surface area contributed by atoms with Crippen LogP contribution >= 0.6 is 0 Å². The Bertz CT molecular complexity index is 1410. The lowest BCUT2D eigenvalue weighted by Crippen LogP contribution is -2.27. The van der Waals surface area contributed by atoms with Gasteiger partial charge in [0.05, 0.1) is 17.8 Å². The van der Waals surface area contributed by atoms with E-state index in [0.29, 0.717) is 19.5 Å². The predicted molar refractivity (Wildman–Crippen MR) is 126 cm³/mol. The first-order valence-electron chi connectivity index (χ1n) is 10.8. The SMILES string of the molecule is Cc1c(Cn2ccnc2)c2cc(CCC(=O)O)ccc2n1CCNS(=O)(=O)c1ccc(F)cc1. The van der Waals surface area contributed by atoms with E-state index in [4.69, 9.17) is 5.11 Å². The molecule has 2 heterocycles. The quantitative estimate of drug-likeness (QED) is 0.359. The maximum Gasteiger partial charge on any atom is 0.303 e. The number of aryl methyl sites for hydroxylation is 1. The molecule has 34 heavy (non-hydrogen) atoms. The van der Waals surface area contributed by atoms with E-state index in [-0.39, 0.29) is 17.9 Å². The highest BCUT2D eigenvalue weighted by Crippen LogP contribution is 2.28. The zero-order valence-corrected chi connectivity index (χ0v) is 19.4. The first kappa shape index (κ1) is 23.7. The molecule has 8 nitrogen and oxygen atoms in total. The van der Waals surface area contributed by atoms with E-state index in [1.807, 2.05) is 35.9 Å². The molecule has 0 saturated carbocycles. The van der Waals surface area contributed by atoms with Crippen LogP contribution in [0.1, 0.15) is 23.2 Å². The maximum absolute atomic E-state index is 13.1. The standard InChI is InChI=1S/C24H25FN4O4S/c1-17-22(15-28-12-10-26-16-28)21-14-18(3-9-24(30)31)2-8-23(21)29(17)13-11-27-34(32,33)20-6-4-19(25)5-7-20/h2,4-8,10,12,14,16,27H,3,9,11,13,15H2,1H3,(H,30,31). The largest absolute Gasteiger partial charge is 0.481 e. The third-order valence-corrected chi connectivity index (χ3v) is 7.27. The van der Waals surface area contributed by atoms with Gasteiger partial charge in [0.2, 0.25) is 10.0 Å². The second-order valence-electron chi connectivity index (χ2n) is 8.05. The van der Waals surface area contributed by atoms with Gasteiger partial charge in [-0.05, 0) is 55.3 Å². The van der Waals surface area contributed by atoms with Gasteiger partial charge < -0.3 is 14.2 Å². The fourth-order valence-electron chi connectivity index (χ4n) is 4.05. The van der Waals surface area contributed by atoms with Crippen molar-refractivity contribution in [2.45, 2.75) is 37.8 Å². The van der Waals surface area contributed by atoms with Crippen LogP contribution < -0.4 is 4.72 Å². The number of carbonyl (C=O) groups is 1. The number of hydrogen-bond donors (Lipinski definition) is 2. The average molecular weight is 485 g/mol. The number of benzene rings is 2. The molecule has 0 spiro atoms. The highest BCUT2D eigenvalue weighted by atomic mass is 32.2. The molecule has 10 heteroatoms. The van der Waals surface area contributed by atoms with E-state index >= 15 is 0 Å². The highest BCUT2D eigenvalue weighted by molar-refractivity contribution is 7.89. The number of aliphatic carboxylic acids is 1. The highest BCUT2D eigenvalue weighted by Gasteiger charge is 2.17. The summed E-state index contributed by atoms with van der Waals surface area (Å²) in [6.45, 7) is 3.10. The van der Waals surface area contributed by atoms with Crippen LogP contribution in [-0.4, -0.2) is 40.2 Å². The molecule has 2 N–H and O–H groups in total. The Morgan fingerprint density at radius 2 is 1.94 bits per heavy atom. The van der Waals surface area contributed by atoms with Crippen LogP contribution in [0, 0.1) is 12.7 Å². The summed E-state index contributed by atoms with van der Waals surface area (Å²) < 4.78 is 44.9.